The number of nitro benzene ring substituents is 1. The fourth-order valence-electron chi connectivity index (χ4n) is 3.24. The summed E-state index contributed by atoms with van der Waals surface area (Å²) >= 11 is 0. The van der Waals surface area contributed by atoms with Crippen LogP contribution in [0.2, 0.25) is 0 Å². The van der Waals surface area contributed by atoms with Gasteiger partial charge in [-0.15, -0.1) is 0 Å². The highest BCUT2D eigenvalue weighted by Gasteiger charge is 2.27. The van der Waals surface area contributed by atoms with Crippen LogP contribution in [0.25, 0.3) is 11.0 Å². The molecule has 0 saturated carbocycles. The Morgan fingerprint density at radius 3 is 2.07 bits per heavy atom. The number of hydrogen-bond donors (Lipinski definition) is 1. The average molecular weight is 408 g/mol. The van der Waals surface area contributed by atoms with Crippen molar-refractivity contribution in [2.24, 2.45) is 0 Å². The first-order valence-electron chi connectivity index (χ1n) is 8.93. The fourth-order valence-corrected chi connectivity index (χ4v) is 5.79. The molecule has 0 fully saturated rings. The van der Waals surface area contributed by atoms with Crippen LogP contribution in [0.1, 0.15) is 0 Å². The molecule has 3 aromatic carbocycles. The lowest BCUT2D eigenvalue weighted by Gasteiger charge is -2.20. The van der Waals surface area contributed by atoms with Crippen molar-refractivity contribution < 1.29 is 14.1 Å². The molecule has 0 amide bonds. The van der Waals surface area contributed by atoms with Gasteiger partial charge in [0.2, 0.25) is 5.52 Å². The number of nitrogens with one attached hydrogen (secondary N) is 1. The monoisotopic (exact) mass is 408 g/mol. The molecule has 146 valence electrons. The average Bonchev–Trinajstić information content (AvgIpc) is 3.25. The van der Waals surface area contributed by atoms with E-state index in [0.29, 0.717) is 18.4 Å². The first-order chi connectivity index (χ1) is 14.1. The van der Waals surface area contributed by atoms with E-state index < -0.39 is 12.1 Å². The lowest BCUT2D eigenvalue weighted by Crippen LogP contribution is -2.22. The Morgan fingerprint density at radius 2 is 1.48 bits per heavy atom. The van der Waals surface area contributed by atoms with E-state index in [1.165, 1.54) is 6.07 Å². The molecule has 0 radical (unpaired) electrons. The van der Waals surface area contributed by atoms with Gasteiger partial charge in [-0.2, -0.15) is 0 Å². The minimum Gasteiger partial charge on any atom is -0.383 e. The zero-order valence-corrected chi connectivity index (χ0v) is 16.2. The zero-order chi connectivity index (χ0) is 20.3. The molecule has 9 heteroatoms. The smallest absolute Gasteiger partial charge is 0.300 e. The Hall–Kier alpha value is -3.51. The maximum Gasteiger partial charge on any atom is 0.300 e. The van der Waals surface area contributed by atoms with E-state index >= 15 is 0 Å². The molecule has 0 aliphatic heterocycles. The molecule has 0 spiro atoms. The SMILES string of the molecule is O=[N+]([O-])c1ccc(NCCP(=O)(c2ccccc2)c2ccccc2)c2nonc12. The van der Waals surface area contributed by atoms with Crippen molar-refractivity contribution in [3.05, 3.63) is 82.9 Å². The fraction of sp³-hybridized carbons (Fsp3) is 0.100. The van der Waals surface area contributed by atoms with Crippen molar-refractivity contribution in [3.8, 4) is 0 Å². The Kier molecular flexibility index (Phi) is 5.10. The van der Waals surface area contributed by atoms with Crippen LogP contribution < -0.4 is 15.9 Å². The molecule has 4 aromatic rings. The molecule has 1 N–H and O–H groups in total. The number of nitrogens with zero attached hydrogens (tertiary/aromatic N) is 3. The van der Waals surface area contributed by atoms with Crippen molar-refractivity contribution in [2.75, 3.05) is 18.0 Å². The second kappa shape index (κ2) is 7.85. The van der Waals surface area contributed by atoms with Crippen molar-refractivity contribution >= 4 is 40.2 Å². The number of benzene rings is 3. The summed E-state index contributed by atoms with van der Waals surface area (Å²) in [5, 5.41) is 23.3. The first kappa shape index (κ1) is 18.8. The summed E-state index contributed by atoms with van der Waals surface area (Å²) in [6, 6.07) is 21.7. The summed E-state index contributed by atoms with van der Waals surface area (Å²) in [7, 11) is -2.86. The predicted molar refractivity (Wildman–Crippen MR) is 112 cm³/mol. The van der Waals surface area contributed by atoms with Gasteiger partial charge in [0, 0.05) is 29.4 Å². The summed E-state index contributed by atoms with van der Waals surface area (Å²) in [6.45, 7) is 0.376. The molecule has 1 aromatic heterocycles. The van der Waals surface area contributed by atoms with Crippen LogP contribution in [0, 0.1) is 10.1 Å². The molecule has 0 unspecified atom stereocenters. The van der Waals surface area contributed by atoms with Gasteiger partial charge in [0.1, 0.15) is 7.14 Å². The van der Waals surface area contributed by atoms with E-state index in [9.17, 15) is 14.7 Å². The van der Waals surface area contributed by atoms with Gasteiger partial charge in [-0.1, -0.05) is 60.7 Å². The molecule has 8 nitrogen and oxygen atoms in total. The third kappa shape index (κ3) is 3.62. The van der Waals surface area contributed by atoms with Gasteiger partial charge in [-0.05, 0) is 16.4 Å². The number of aromatic nitrogens is 2. The Morgan fingerprint density at radius 1 is 0.897 bits per heavy atom. The second-order valence-corrected chi connectivity index (χ2v) is 9.37. The van der Waals surface area contributed by atoms with Gasteiger partial charge in [-0.3, -0.25) is 10.1 Å². The van der Waals surface area contributed by atoms with Crippen molar-refractivity contribution in [1.82, 2.24) is 10.3 Å². The van der Waals surface area contributed by atoms with E-state index in [1.807, 2.05) is 60.7 Å². The quantitative estimate of drug-likeness (QED) is 0.283. The molecular formula is C20H17N4O4P. The van der Waals surface area contributed by atoms with Crippen LogP contribution >= 0.6 is 7.14 Å². The van der Waals surface area contributed by atoms with Gasteiger partial charge >= 0.3 is 5.69 Å². The van der Waals surface area contributed by atoms with Crippen LogP contribution in [-0.2, 0) is 4.57 Å². The van der Waals surface area contributed by atoms with Crippen LogP contribution in [-0.4, -0.2) is 27.9 Å². The Bertz CT molecular complexity index is 1150. The molecule has 0 aliphatic carbocycles. The van der Waals surface area contributed by atoms with E-state index in [-0.39, 0.29) is 16.7 Å². The number of non-ortho nitro benzene ring substituents is 1. The summed E-state index contributed by atoms with van der Waals surface area (Å²) in [6.07, 6.45) is 0.366. The second-order valence-electron chi connectivity index (χ2n) is 6.41. The highest BCUT2D eigenvalue weighted by atomic mass is 31.2. The molecule has 0 saturated heterocycles. The summed E-state index contributed by atoms with van der Waals surface area (Å²) in [4.78, 5) is 10.6. The summed E-state index contributed by atoms with van der Waals surface area (Å²) < 4.78 is 18.7. The molecule has 1 heterocycles. The lowest BCUT2D eigenvalue weighted by molar-refractivity contribution is -0.383. The zero-order valence-electron chi connectivity index (χ0n) is 15.3. The highest BCUT2D eigenvalue weighted by Crippen LogP contribution is 2.43. The molecule has 0 atom stereocenters. The van der Waals surface area contributed by atoms with Gasteiger partial charge in [0.15, 0.2) is 5.52 Å². The predicted octanol–water partition coefficient (Wildman–Crippen LogP) is 3.56. The topological polar surface area (TPSA) is 111 Å². The van der Waals surface area contributed by atoms with Gasteiger partial charge in [0.05, 0.1) is 10.6 Å². The third-order valence-corrected chi connectivity index (χ3v) is 7.80. The maximum atomic E-state index is 14.0. The first-order valence-corrected chi connectivity index (χ1v) is 10.8. The normalized spacial score (nSPS) is 11.4. The number of rotatable bonds is 7. The van der Waals surface area contributed by atoms with E-state index in [4.69, 9.17) is 0 Å². The van der Waals surface area contributed by atoms with Crippen LogP contribution in [0.3, 0.4) is 0 Å². The summed E-state index contributed by atoms with van der Waals surface area (Å²) in [5.41, 5.74) is 0.716. The number of nitro groups is 1. The molecule has 0 bridgehead atoms. The lowest BCUT2D eigenvalue weighted by atomic mass is 10.2. The van der Waals surface area contributed by atoms with Crippen molar-refractivity contribution in [3.63, 3.8) is 0 Å². The number of anilines is 1. The molecular weight excluding hydrogens is 391 g/mol. The standard InChI is InChI=1S/C20H17N4O4P/c25-24(26)18-12-11-17(19-20(18)23-28-22-19)21-13-14-29(27,15-7-3-1-4-8-15)16-9-5-2-6-10-16/h1-12,21H,13-14H2. The maximum absolute atomic E-state index is 14.0. The molecule has 4 rings (SSSR count). The minimum absolute atomic E-state index is 0.0781. The number of hydrogen-bond acceptors (Lipinski definition) is 7. The Labute approximate surface area is 166 Å². The van der Waals surface area contributed by atoms with Crippen molar-refractivity contribution in [1.29, 1.82) is 0 Å². The highest BCUT2D eigenvalue weighted by molar-refractivity contribution is 7.78. The van der Waals surface area contributed by atoms with Crippen LogP contribution in [0.4, 0.5) is 11.4 Å². The molecule has 29 heavy (non-hydrogen) atoms. The van der Waals surface area contributed by atoms with E-state index in [1.54, 1.807) is 6.07 Å². The van der Waals surface area contributed by atoms with Gasteiger partial charge in [0.25, 0.3) is 0 Å². The van der Waals surface area contributed by atoms with E-state index in [2.05, 4.69) is 20.3 Å². The van der Waals surface area contributed by atoms with E-state index in [0.717, 1.165) is 10.6 Å². The Balaban J connectivity index is 1.61. The molecule has 0 aliphatic rings. The summed E-state index contributed by atoms with van der Waals surface area (Å²) in [5.74, 6) is 0. The van der Waals surface area contributed by atoms with Gasteiger partial charge in [-0.25, -0.2) is 4.63 Å². The minimum atomic E-state index is -2.86. The van der Waals surface area contributed by atoms with Crippen LogP contribution in [0.5, 0.6) is 0 Å². The van der Waals surface area contributed by atoms with Gasteiger partial charge < -0.3 is 9.88 Å². The number of fused-ring (bicyclic) bond motifs is 1. The largest absolute Gasteiger partial charge is 0.383 e. The third-order valence-electron chi connectivity index (χ3n) is 4.68. The van der Waals surface area contributed by atoms with Crippen LogP contribution in [0.15, 0.2) is 77.4 Å². The van der Waals surface area contributed by atoms with Crippen molar-refractivity contribution in [2.45, 2.75) is 0 Å².